The summed E-state index contributed by atoms with van der Waals surface area (Å²) in [5.74, 6) is 7.37. The van der Waals surface area contributed by atoms with Crippen molar-refractivity contribution in [2.45, 2.75) is 39.0 Å². The standard InChI is InChI=1S/C17H20O/c1-2-15(16-10-6-7-11-17(16)18)13-12-14-8-4-3-5-9-14/h3-5,8-9,15-16H,2,6-7,10-11H2,1H3. The molecule has 0 spiro atoms. The van der Waals surface area contributed by atoms with Gasteiger partial charge >= 0.3 is 0 Å². The third-order valence-corrected chi connectivity index (χ3v) is 3.70. The summed E-state index contributed by atoms with van der Waals surface area (Å²) in [4.78, 5) is 11.9. The van der Waals surface area contributed by atoms with Crippen LogP contribution in [0.15, 0.2) is 30.3 Å². The molecule has 1 aromatic carbocycles. The molecule has 1 nitrogen and oxygen atoms in total. The molecular formula is C17H20O. The van der Waals surface area contributed by atoms with Crippen LogP contribution in [0.5, 0.6) is 0 Å². The zero-order valence-electron chi connectivity index (χ0n) is 11.0. The fourth-order valence-electron chi connectivity index (χ4n) is 2.62. The Balaban J connectivity index is 2.10. The summed E-state index contributed by atoms with van der Waals surface area (Å²) >= 11 is 0. The third-order valence-electron chi connectivity index (χ3n) is 3.70. The minimum atomic E-state index is 0.181. The zero-order valence-corrected chi connectivity index (χ0v) is 11.0. The van der Waals surface area contributed by atoms with Gasteiger partial charge in [0, 0.05) is 23.8 Å². The maximum Gasteiger partial charge on any atom is 0.137 e. The molecule has 1 saturated carbocycles. The molecule has 1 aliphatic rings. The quantitative estimate of drug-likeness (QED) is 0.718. The molecule has 18 heavy (non-hydrogen) atoms. The van der Waals surface area contributed by atoms with Gasteiger partial charge in [-0.1, -0.05) is 43.4 Å². The molecule has 0 heterocycles. The summed E-state index contributed by atoms with van der Waals surface area (Å²) in [5, 5.41) is 0. The van der Waals surface area contributed by atoms with E-state index in [0.29, 0.717) is 5.78 Å². The van der Waals surface area contributed by atoms with Crippen LogP contribution in [0.3, 0.4) is 0 Å². The minimum absolute atomic E-state index is 0.181. The second-order valence-corrected chi connectivity index (χ2v) is 4.97. The third kappa shape index (κ3) is 3.23. The van der Waals surface area contributed by atoms with Gasteiger partial charge in [-0.2, -0.15) is 0 Å². The minimum Gasteiger partial charge on any atom is -0.299 e. The first-order chi connectivity index (χ1) is 8.81. The SMILES string of the molecule is CCC(C#Cc1ccccc1)C1CCCCC1=O. The molecular weight excluding hydrogens is 220 g/mol. The summed E-state index contributed by atoms with van der Waals surface area (Å²) in [5.41, 5.74) is 1.04. The van der Waals surface area contributed by atoms with Gasteiger partial charge in [0.25, 0.3) is 0 Å². The van der Waals surface area contributed by atoms with Gasteiger partial charge in [-0.25, -0.2) is 0 Å². The maximum absolute atomic E-state index is 11.9. The fraction of sp³-hybridized carbons (Fsp3) is 0.471. The van der Waals surface area contributed by atoms with E-state index in [4.69, 9.17) is 0 Å². The number of rotatable bonds is 2. The number of hydrogen-bond donors (Lipinski definition) is 0. The van der Waals surface area contributed by atoms with Crippen molar-refractivity contribution in [3.63, 3.8) is 0 Å². The average molecular weight is 240 g/mol. The highest BCUT2D eigenvalue weighted by molar-refractivity contribution is 5.82. The molecule has 1 fully saturated rings. The number of hydrogen-bond acceptors (Lipinski definition) is 1. The van der Waals surface area contributed by atoms with Gasteiger partial charge in [-0.3, -0.25) is 4.79 Å². The number of ketones is 1. The molecule has 0 bridgehead atoms. The Morgan fingerprint density at radius 1 is 1.28 bits per heavy atom. The van der Waals surface area contributed by atoms with E-state index in [1.165, 1.54) is 6.42 Å². The van der Waals surface area contributed by atoms with E-state index in [-0.39, 0.29) is 11.8 Å². The molecule has 0 saturated heterocycles. The Morgan fingerprint density at radius 3 is 2.72 bits per heavy atom. The molecule has 2 rings (SSSR count). The Morgan fingerprint density at radius 2 is 2.06 bits per heavy atom. The van der Waals surface area contributed by atoms with Gasteiger partial charge in [0.2, 0.25) is 0 Å². The highest BCUT2D eigenvalue weighted by atomic mass is 16.1. The van der Waals surface area contributed by atoms with Crippen LogP contribution in [0.25, 0.3) is 0 Å². The molecule has 1 aromatic rings. The van der Waals surface area contributed by atoms with E-state index in [1.54, 1.807) is 0 Å². The van der Waals surface area contributed by atoms with Crippen LogP contribution in [0.2, 0.25) is 0 Å². The van der Waals surface area contributed by atoms with E-state index >= 15 is 0 Å². The van der Waals surface area contributed by atoms with Crippen LogP contribution in [0, 0.1) is 23.7 Å². The van der Waals surface area contributed by atoms with Gasteiger partial charge in [0.05, 0.1) is 0 Å². The second-order valence-electron chi connectivity index (χ2n) is 4.97. The summed E-state index contributed by atoms with van der Waals surface area (Å²) < 4.78 is 0. The monoisotopic (exact) mass is 240 g/mol. The molecule has 2 atom stereocenters. The summed E-state index contributed by atoms with van der Waals surface area (Å²) in [6.07, 6.45) is 5.00. The van der Waals surface area contributed by atoms with Crippen LogP contribution in [0.4, 0.5) is 0 Å². The van der Waals surface area contributed by atoms with Crippen LogP contribution in [-0.2, 0) is 4.79 Å². The molecule has 0 aliphatic heterocycles. The maximum atomic E-state index is 11.9. The van der Waals surface area contributed by atoms with Crippen LogP contribution in [0.1, 0.15) is 44.6 Å². The largest absolute Gasteiger partial charge is 0.299 e. The normalized spacial score (nSPS) is 20.9. The number of benzene rings is 1. The molecule has 2 unspecified atom stereocenters. The first-order valence-corrected chi connectivity index (χ1v) is 6.90. The molecule has 1 heteroatoms. The number of carbonyl (C=O) groups is 1. The van der Waals surface area contributed by atoms with Crippen LogP contribution in [-0.4, -0.2) is 5.78 Å². The molecule has 0 radical (unpaired) electrons. The Labute approximate surface area is 110 Å². The predicted molar refractivity (Wildman–Crippen MR) is 74.1 cm³/mol. The van der Waals surface area contributed by atoms with Crippen molar-refractivity contribution >= 4 is 5.78 Å². The van der Waals surface area contributed by atoms with Gasteiger partial charge in [-0.05, 0) is 31.4 Å². The van der Waals surface area contributed by atoms with Crippen molar-refractivity contribution in [1.82, 2.24) is 0 Å². The van der Waals surface area contributed by atoms with Crippen LogP contribution >= 0.6 is 0 Å². The van der Waals surface area contributed by atoms with Gasteiger partial charge in [0.15, 0.2) is 0 Å². The topological polar surface area (TPSA) is 17.1 Å². The van der Waals surface area contributed by atoms with E-state index in [1.807, 2.05) is 30.3 Å². The highest BCUT2D eigenvalue weighted by Crippen LogP contribution is 2.28. The smallest absolute Gasteiger partial charge is 0.137 e. The number of Topliss-reactive ketones (excluding diaryl/α,β-unsaturated/α-hetero) is 1. The molecule has 0 amide bonds. The van der Waals surface area contributed by atoms with Crippen molar-refractivity contribution in [3.8, 4) is 11.8 Å². The zero-order chi connectivity index (χ0) is 12.8. The lowest BCUT2D eigenvalue weighted by molar-refractivity contribution is -0.125. The first-order valence-electron chi connectivity index (χ1n) is 6.90. The van der Waals surface area contributed by atoms with Gasteiger partial charge in [0.1, 0.15) is 5.78 Å². The molecule has 0 aromatic heterocycles. The van der Waals surface area contributed by atoms with Gasteiger partial charge in [-0.15, -0.1) is 0 Å². The van der Waals surface area contributed by atoms with Crippen molar-refractivity contribution in [1.29, 1.82) is 0 Å². The predicted octanol–water partition coefficient (Wildman–Crippen LogP) is 3.82. The fourth-order valence-corrected chi connectivity index (χ4v) is 2.62. The molecule has 0 N–H and O–H groups in total. The van der Waals surface area contributed by atoms with Crippen molar-refractivity contribution in [2.75, 3.05) is 0 Å². The lowest BCUT2D eigenvalue weighted by Crippen LogP contribution is -2.25. The Bertz CT molecular complexity index is 449. The lowest BCUT2D eigenvalue weighted by atomic mass is 9.78. The lowest BCUT2D eigenvalue weighted by Gasteiger charge is -2.24. The van der Waals surface area contributed by atoms with Crippen molar-refractivity contribution < 1.29 is 4.79 Å². The molecule has 94 valence electrons. The molecule has 1 aliphatic carbocycles. The number of carbonyl (C=O) groups excluding carboxylic acids is 1. The Kier molecular flexibility index (Phi) is 4.59. The van der Waals surface area contributed by atoms with E-state index in [9.17, 15) is 4.79 Å². The summed E-state index contributed by atoms with van der Waals surface area (Å²) in [6, 6.07) is 10.0. The summed E-state index contributed by atoms with van der Waals surface area (Å²) in [6.45, 7) is 2.13. The summed E-state index contributed by atoms with van der Waals surface area (Å²) in [7, 11) is 0. The first kappa shape index (κ1) is 12.9. The van der Waals surface area contributed by atoms with Crippen LogP contribution < -0.4 is 0 Å². The van der Waals surface area contributed by atoms with E-state index in [0.717, 1.165) is 31.2 Å². The highest BCUT2D eigenvalue weighted by Gasteiger charge is 2.27. The average Bonchev–Trinajstić information content (AvgIpc) is 2.42. The second kappa shape index (κ2) is 6.40. The van der Waals surface area contributed by atoms with Crippen molar-refractivity contribution in [2.24, 2.45) is 11.8 Å². The van der Waals surface area contributed by atoms with Crippen molar-refractivity contribution in [3.05, 3.63) is 35.9 Å². The Hall–Kier alpha value is -1.55. The van der Waals surface area contributed by atoms with Gasteiger partial charge < -0.3 is 0 Å². The van der Waals surface area contributed by atoms with E-state index in [2.05, 4.69) is 18.8 Å². The van der Waals surface area contributed by atoms with E-state index < -0.39 is 0 Å².